The first kappa shape index (κ1) is 51.0. The maximum absolute atomic E-state index is 13.1. The normalized spacial score (nSPS) is 16.5. The highest BCUT2D eigenvalue weighted by Gasteiger charge is 2.51. The van der Waals surface area contributed by atoms with Gasteiger partial charge in [0.15, 0.2) is 12.2 Å². The van der Waals surface area contributed by atoms with Crippen molar-refractivity contribution < 1.29 is 95.2 Å². The first-order valence-corrected chi connectivity index (χ1v) is 21.7. The minimum atomic E-state index is -0.945. The van der Waals surface area contributed by atoms with E-state index in [1.54, 1.807) is 0 Å². The molecule has 0 aliphatic carbocycles. The lowest BCUT2D eigenvalue weighted by molar-refractivity contribution is -0.138. The summed E-state index contributed by atoms with van der Waals surface area (Å²) >= 11 is 0. The lowest BCUT2D eigenvalue weighted by atomic mass is 10.1. The van der Waals surface area contributed by atoms with E-state index in [0.29, 0.717) is 25.7 Å². The minimum Gasteiger partial charge on any atom is -0.463 e. The van der Waals surface area contributed by atoms with Crippen molar-refractivity contribution in [2.45, 2.75) is 50.1 Å². The minimum absolute atomic E-state index is 0.0198. The molecule has 20 nitrogen and oxygen atoms in total. The zero-order valence-electron chi connectivity index (χ0n) is 37.4. The van der Waals surface area contributed by atoms with Crippen LogP contribution in [0.3, 0.4) is 0 Å². The smallest absolute Gasteiger partial charge is 0.463 e. The summed E-state index contributed by atoms with van der Waals surface area (Å²) in [5, 5.41) is 0. The van der Waals surface area contributed by atoms with Crippen molar-refractivity contribution in [1.82, 2.24) is 0 Å². The maximum atomic E-state index is 13.1. The number of esters is 6. The number of hydrogen-bond donors (Lipinski definition) is 0. The first-order chi connectivity index (χ1) is 33.9. The van der Waals surface area contributed by atoms with E-state index < -0.39 is 72.5 Å². The largest absolute Gasteiger partial charge is 0.513 e. The summed E-state index contributed by atoms with van der Waals surface area (Å²) in [4.78, 5) is 97.6. The predicted molar refractivity (Wildman–Crippen MR) is 238 cm³/mol. The van der Waals surface area contributed by atoms with Crippen LogP contribution >= 0.6 is 0 Å². The van der Waals surface area contributed by atoms with Crippen LogP contribution < -0.4 is 18.9 Å². The van der Waals surface area contributed by atoms with Gasteiger partial charge in [-0.05, 0) is 123 Å². The molecule has 2 aliphatic rings. The molecule has 70 heavy (non-hydrogen) atoms. The molecule has 4 aromatic carbocycles. The molecule has 2 fully saturated rings. The van der Waals surface area contributed by atoms with Gasteiger partial charge in [-0.3, -0.25) is 0 Å². The Bertz CT molecular complexity index is 2320. The van der Waals surface area contributed by atoms with Crippen molar-refractivity contribution in [2.75, 3.05) is 39.6 Å². The zero-order chi connectivity index (χ0) is 49.8. The lowest BCUT2D eigenvalue weighted by Gasteiger charge is -2.17. The van der Waals surface area contributed by atoms with Crippen molar-refractivity contribution in [3.8, 4) is 23.0 Å². The quantitative estimate of drug-likeness (QED) is 0.0198. The summed E-state index contributed by atoms with van der Waals surface area (Å²) in [7, 11) is 0. The molecule has 0 N–H and O–H groups in total. The van der Waals surface area contributed by atoms with Gasteiger partial charge in [0.05, 0.1) is 61.9 Å². The number of carbonyl (C=O) groups is 8. The van der Waals surface area contributed by atoms with Crippen LogP contribution in [-0.4, -0.2) is 112 Å². The maximum Gasteiger partial charge on any atom is 0.513 e. The number of unbranched alkanes of at least 4 members (excludes halogenated alkanes) is 2. The molecular weight excluding hydrogens is 921 g/mol. The monoisotopic (exact) mass is 966 g/mol. The number of hydrogen-bond acceptors (Lipinski definition) is 20. The molecule has 366 valence electrons. The third-order valence-corrected chi connectivity index (χ3v) is 10.0. The molecule has 0 bridgehead atoms. The summed E-state index contributed by atoms with van der Waals surface area (Å²) in [6.07, 6.45) is -0.999. The third-order valence-electron chi connectivity index (χ3n) is 10.0. The Kier molecular flexibility index (Phi) is 18.7. The molecule has 2 heterocycles. The number of carbonyl (C=O) groups excluding carboxylic acids is 8. The Balaban J connectivity index is 0.876. The van der Waals surface area contributed by atoms with Crippen molar-refractivity contribution in [3.05, 3.63) is 145 Å². The van der Waals surface area contributed by atoms with Gasteiger partial charge in [-0.1, -0.05) is 13.2 Å². The van der Waals surface area contributed by atoms with Crippen LogP contribution in [0.15, 0.2) is 122 Å². The van der Waals surface area contributed by atoms with Gasteiger partial charge < -0.3 is 56.8 Å². The highest BCUT2D eigenvalue weighted by atomic mass is 16.7. The highest BCUT2D eigenvalue weighted by molar-refractivity contribution is 5.93. The molecule has 0 amide bonds. The van der Waals surface area contributed by atoms with E-state index in [0.717, 1.165) is 12.2 Å². The predicted octanol–water partition coefficient (Wildman–Crippen LogP) is 6.72. The molecule has 4 aromatic rings. The fourth-order valence-electron chi connectivity index (χ4n) is 6.44. The van der Waals surface area contributed by atoms with Crippen LogP contribution in [0.5, 0.6) is 23.0 Å². The van der Waals surface area contributed by atoms with Crippen LogP contribution in [-0.2, 0) is 47.5 Å². The molecule has 0 aromatic heterocycles. The number of fused-ring (bicyclic) bond motifs is 1. The Morgan fingerprint density at radius 1 is 0.414 bits per heavy atom. The second kappa shape index (κ2) is 25.7. The molecule has 6 rings (SSSR count). The van der Waals surface area contributed by atoms with Gasteiger partial charge in [0.25, 0.3) is 0 Å². The summed E-state index contributed by atoms with van der Waals surface area (Å²) in [5.74, 6) is -3.35. The van der Waals surface area contributed by atoms with Crippen LogP contribution in [0.4, 0.5) is 9.59 Å². The molecular formula is C50H46O20. The molecule has 0 radical (unpaired) electrons. The van der Waals surface area contributed by atoms with Crippen molar-refractivity contribution in [2.24, 2.45) is 0 Å². The van der Waals surface area contributed by atoms with Gasteiger partial charge >= 0.3 is 48.1 Å². The van der Waals surface area contributed by atoms with E-state index >= 15 is 0 Å². The Hall–Kier alpha value is -8.36. The fourth-order valence-corrected chi connectivity index (χ4v) is 6.44. The second-order valence-corrected chi connectivity index (χ2v) is 14.9. The topological polar surface area (TPSA) is 247 Å². The van der Waals surface area contributed by atoms with E-state index in [9.17, 15) is 38.4 Å². The van der Waals surface area contributed by atoms with Crippen LogP contribution in [0.25, 0.3) is 0 Å². The van der Waals surface area contributed by atoms with Gasteiger partial charge in [0.2, 0.25) is 0 Å². The van der Waals surface area contributed by atoms with Crippen LogP contribution in [0, 0.1) is 0 Å². The van der Waals surface area contributed by atoms with Gasteiger partial charge in [-0.2, -0.15) is 0 Å². The first-order valence-electron chi connectivity index (χ1n) is 21.7. The molecule has 4 atom stereocenters. The summed E-state index contributed by atoms with van der Waals surface area (Å²) in [5.41, 5.74) is 0.613. The third kappa shape index (κ3) is 15.3. The van der Waals surface area contributed by atoms with E-state index in [1.807, 2.05) is 0 Å². The Morgan fingerprint density at radius 2 is 0.700 bits per heavy atom. The van der Waals surface area contributed by atoms with Crippen molar-refractivity contribution in [1.29, 1.82) is 0 Å². The molecule has 0 unspecified atom stereocenters. The summed E-state index contributed by atoms with van der Waals surface area (Å²) in [6, 6.07) is 22.4. The molecule has 2 saturated heterocycles. The van der Waals surface area contributed by atoms with Gasteiger partial charge in [0.1, 0.15) is 35.2 Å². The molecule has 20 heteroatoms. The molecule has 0 spiro atoms. The van der Waals surface area contributed by atoms with E-state index in [4.69, 9.17) is 56.8 Å². The fraction of sp³-hybridized carbons (Fsp3) is 0.280. The molecule has 2 aliphatic heterocycles. The van der Waals surface area contributed by atoms with Gasteiger partial charge in [-0.15, -0.1) is 0 Å². The van der Waals surface area contributed by atoms with E-state index in [1.165, 1.54) is 97.1 Å². The number of benzene rings is 4. The Labute approximate surface area is 399 Å². The lowest BCUT2D eigenvalue weighted by Crippen LogP contribution is -2.36. The average Bonchev–Trinajstić information content (AvgIpc) is 3.96. The SMILES string of the molecule is C=CC(=O)OCCCCOC(=O)Oc1ccc(C(=O)Oc2ccc(C(=O)O[C@H]3CO[C@H]4[C@@H]3OC[C@H]4OC(=O)c3ccc(OC(=O)c4ccc(OC(=O)OCCCCOC(=O)C=C)cc4)cc3)cc2)cc1. The van der Waals surface area contributed by atoms with Crippen molar-refractivity contribution >= 4 is 48.1 Å². The average molecular weight is 967 g/mol. The van der Waals surface area contributed by atoms with Crippen LogP contribution in [0.1, 0.15) is 67.1 Å². The standard InChI is InChI=1S/C50H46O20/c1-3-41(51)59-25-5-7-27-61-49(57)67-37-21-13-31(14-22-37)45(53)65-35-17-9-33(10-18-35)47(55)69-39-29-63-44-40(30-64-43(39)44)70-48(56)34-11-19-36(20-12-34)66-46(54)32-15-23-38(24-16-32)68-50(58)62-28-8-6-26-60-42(52)4-2/h3-4,9-24,39-40,43-44H,1-2,5-8,25-30H2/t39-,40+,43-,44-/m1/s1. The van der Waals surface area contributed by atoms with Gasteiger partial charge in [0, 0.05) is 12.2 Å². The number of rotatable bonds is 22. The number of ether oxygens (including phenoxy) is 12. The Morgan fingerprint density at radius 3 is 1.01 bits per heavy atom. The second-order valence-electron chi connectivity index (χ2n) is 14.9. The van der Waals surface area contributed by atoms with Gasteiger partial charge in [-0.25, -0.2) is 38.4 Å². The van der Waals surface area contributed by atoms with E-state index in [-0.39, 0.29) is 84.9 Å². The van der Waals surface area contributed by atoms with E-state index in [2.05, 4.69) is 13.2 Å². The van der Waals surface area contributed by atoms with Crippen LogP contribution in [0.2, 0.25) is 0 Å². The zero-order valence-corrected chi connectivity index (χ0v) is 37.4. The summed E-state index contributed by atoms with van der Waals surface area (Å²) < 4.78 is 63.7. The summed E-state index contributed by atoms with van der Waals surface area (Å²) in [6.45, 7) is 6.98. The molecule has 0 saturated carbocycles. The highest BCUT2D eigenvalue weighted by Crippen LogP contribution is 2.32. The van der Waals surface area contributed by atoms with Crippen molar-refractivity contribution in [3.63, 3.8) is 0 Å².